The number of methoxy groups -OCH3 is 1. The average Bonchev–Trinajstić information content (AvgIpc) is 3.06. The van der Waals surface area contributed by atoms with Crippen LogP contribution < -0.4 is 15.8 Å². The molecular formula is C20H25IN4O2. The Kier molecular flexibility index (Phi) is 7.90. The Morgan fingerprint density at radius 3 is 2.52 bits per heavy atom. The Balaban J connectivity index is 0.00000261. The van der Waals surface area contributed by atoms with Gasteiger partial charge in [-0.05, 0) is 41.8 Å². The molecule has 1 aliphatic heterocycles. The summed E-state index contributed by atoms with van der Waals surface area (Å²) in [6.07, 6.45) is 1.59. The number of carbonyl (C=O) groups is 1. The van der Waals surface area contributed by atoms with Gasteiger partial charge in [0, 0.05) is 25.2 Å². The van der Waals surface area contributed by atoms with Gasteiger partial charge in [-0.15, -0.1) is 24.0 Å². The van der Waals surface area contributed by atoms with Gasteiger partial charge in [0.05, 0.1) is 13.7 Å². The van der Waals surface area contributed by atoms with Crippen LogP contribution in [0.5, 0.6) is 5.75 Å². The fourth-order valence-electron chi connectivity index (χ4n) is 2.97. The number of benzene rings is 2. The maximum absolute atomic E-state index is 11.9. The van der Waals surface area contributed by atoms with Crippen molar-refractivity contribution in [2.24, 2.45) is 10.7 Å². The molecule has 0 spiro atoms. The van der Waals surface area contributed by atoms with E-state index in [0.29, 0.717) is 25.5 Å². The number of halogens is 1. The number of nitrogens with two attached hydrogens (primary N) is 1. The summed E-state index contributed by atoms with van der Waals surface area (Å²) in [6.45, 7) is 1.93. The van der Waals surface area contributed by atoms with Crippen molar-refractivity contribution in [1.82, 2.24) is 4.90 Å². The second-order valence-electron chi connectivity index (χ2n) is 6.24. The summed E-state index contributed by atoms with van der Waals surface area (Å²) >= 11 is 0. The lowest BCUT2D eigenvalue weighted by atomic mass is 10.1. The Morgan fingerprint density at radius 1 is 1.19 bits per heavy atom. The topological polar surface area (TPSA) is 80.0 Å². The number of hydrogen-bond acceptors (Lipinski definition) is 3. The first-order valence-corrected chi connectivity index (χ1v) is 8.71. The molecule has 7 heteroatoms. The summed E-state index contributed by atoms with van der Waals surface area (Å²) in [6, 6.07) is 15.5. The van der Waals surface area contributed by atoms with E-state index in [-0.39, 0.29) is 29.9 Å². The number of nitrogens with zero attached hydrogens (tertiary/aromatic N) is 2. The molecule has 0 saturated carbocycles. The molecule has 1 saturated heterocycles. The molecule has 1 fully saturated rings. The molecule has 0 bridgehead atoms. The standard InChI is InChI=1S/C20H24N4O2.HI/c1-26-18-10-8-17(9-11-18)23-20(21)22-13-15-5-2-3-6-16(15)14-24-12-4-7-19(24)25;/h2-3,5-6,8-11H,4,7,12-14H2,1H3,(H3,21,22,23);1H. The molecule has 1 heterocycles. The van der Waals surface area contributed by atoms with E-state index in [9.17, 15) is 4.79 Å². The lowest BCUT2D eigenvalue weighted by molar-refractivity contribution is -0.128. The van der Waals surface area contributed by atoms with Gasteiger partial charge in [0.2, 0.25) is 5.91 Å². The number of guanidine groups is 1. The fraction of sp³-hybridized carbons (Fsp3) is 0.300. The molecule has 1 amide bonds. The highest BCUT2D eigenvalue weighted by atomic mass is 127. The maximum Gasteiger partial charge on any atom is 0.222 e. The third kappa shape index (κ3) is 5.85. The van der Waals surface area contributed by atoms with Crippen molar-refractivity contribution < 1.29 is 9.53 Å². The lowest BCUT2D eigenvalue weighted by Gasteiger charge is -2.17. The number of hydrogen-bond donors (Lipinski definition) is 2. The fourth-order valence-corrected chi connectivity index (χ4v) is 2.97. The molecule has 0 atom stereocenters. The van der Waals surface area contributed by atoms with E-state index in [0.717, 1.165) is 35.5 Å². The number of carbonyl (C=O) groups excluding carboxylic acids is 1. The van der Waals surface area contributed by atoms with Crippen molar-refractivity contribution in [2.75, 3.05) is 19.0 Å². The van der Waals surface area contributed by atoms with Crippen LogP contribution in [0.4, 0.5) is 5.69 Å². The number of rotatable bonds is 6. The van der Waals surface area contributed by atoms with Gasteiger partial charge in [-0.25, -0.2) is 4.99 Å². The highest BCUT2D eigenvalue weighted by Gasteiger charge is 2.20. The van der Waals surface area contributed by atoms with Gasteiger partial charge in [-0.3, -0.25) is 4.79 Å². The quantitative estimate of drug-likeness (QED) is 0.378. The Morgan fingerprint density at radius 2 is 1.89 bits per heavy atom. The van der Waals surface area contributed by atoms with Crippen LogP contribution in [0.2, 0.25) is 0 Å². The number of amides is 1. The number of ether oxygens (including phenoxy) is 1. The third-order valence-electron chi connectivity index (χ3n) is 4.43. The zero-order valence-electron chi connectivity index (χ0n) is 15.4. The van der Waals surface area contributed by atoms with Crippen molar-refractivity contribution in [3.8, 4) is 5.75 Å². The first-order chi connectivity index (χ1) is 12.7. The van der Waals surface area contributed by atoms with E-state index in [2.05, 4.69) is 10.3 Å². The van der Waals surface area contributed by atoms with E-state index in [1.165, 1.54) is 0 Å². The van der Waals surface area contributed by atoms with Crippen molar-refractivity contribution in [2.45, 2.75) is 25.9 Å². The summed E-state index contributed by atoms with van der Waals surface area (Å²) in [4.78, 5) is 18.2. The van der Waals surface area contributed by atoms with Gasteiger partial charge < -0.3 is 20.7 Å². The third-order valence-corrected chi connectivity index (χ3v) is 4.43. The van der Waals surface area contributed by atoms with Crippen LogP contribution in [0, 0.1) is 0 Å². The summed E-state index contributed by atoms with van der Waals surface area (Å²) in [7, 11) is 1.63. The minimum atomic E-state index is 0. The number of anilines is 1. The van der Waals surface area contributed by atoms with Crippen LogP contribution in [0.15, 0.2) is 53.5 Å². The van der Waals surface area contributed by atoms with Gasteiger partial charge in [0.1, 0.15) is 5.75 Å². The smallest absolute Gasteiger partial charge is 0.222 e. The first-order valence-electron chi connectivity index (χ1n) is 8.71. The Hall–Kier alpha value is -2.29. The summed E-state index contributed by atoms with van der Waals surface area (Å²) in [5.74, 6) is 1.36. The first kappa shape index (κ1) is 21.0. The maximum atomic E-state index is 11.9. The normalized spacial score (nSPS) is 14.0. The molecular weight excluding hydrogens is 455 g/mol. The predicted molar refractivity (Wildman–Crippen MR) is 118 cm³/mol. The number of aliphatic imine (C=N–C) groups is 1. The van der Waals surface area contributed by atoms with Crippen LogP contribution in [-0.2, 0) is 17.9 Å². The molecule has 3 N–H and O–H groups in total. The van der Waals surface area contributed by atoms with Crippen LogP contribution in [0.1, 0.15) is 24.0 Å². The Labute approximate surface area is 176 Å². The summed E-state index contributed by atoms with van der Waals surface area (Å²) < 4.78 is 5.14. The zero-order chi connectivity index (χ0) is 18.4. The van der Waals surface area contributed by atoms with Crippen LogP contribution >= 0.6 is 24.0 Å². The SMILES string of the molecule is COc1ccc(NC(N)=NCc2ccccc2CN2CCCC2=O)cc1.I. The van der Waals surface area contributed by atoms with Crippen molar-refractivity contribution >= 4 is 41.5 Å². The molecule has 0 unspecified atom stereocenters. The molecule has 0 radical (unpaired) electrons. The van der Waals surface area contributed by atoms with Crippen molar-refractivity contribution in [1.29, 1.82) is 0 Å². The van der Waals surface area contributed by atoms with Crippen molar-refractivity contribution in [3.63, 3.8) is 0 Å². The second kappa shape index (κ2) is 10.1. The van der Waals surface area contributed by atoms with E-state index >= 15 is 0 Å². The second-order valence-corrected chi connectivity index (χ2v) is 6.24. The lowest BCUT2D eigenvalue weighted by Crippen LogP contribution is -2.25. The summed E-state index contributed by atoms with van der Waals surface area (Å²) in [5.41, 5.74) is 9.04. The zero-order valence-corrected chi connectivity index (χ0v) is 17.7. The van der Waals surface area contributed by atoms with E-state index in [1.807, 2.05) is 53.4 Å². The Bertz CT molecular complexity index is 793. The van der Waals surface area contributed by atoms with Crippen LogP contribution in [-0.4, -0.2) is 30.4 Å². The summed E-state index contributed by atoms with van der Waals surface area (Å²) in [5, 5.41) is 3.07. The molecule has 6 nitrogen and oxygen atoms in total. The minimum absolute atomic E-state index is 0. The van der Waals surface area contributed by atoms with E-state index in [4.69, 9.17) is 10.5 Å². The van der Waals surface area contributed by atoms with Gasteiger partial charge in [-0.2, -0.15) is 0 Å². The monoisotopic (exact) mass is 480 g/mol. The van der Waals surface area contributed by atoms with E-state index in [1.54, 1.807) is 7.11 Å². The number of likely N-dealkylation sites (tertiary alicyclic amines) is 1. The molecule has 0 aliphatic carbocycles. The van der Waals surface area contributed by atoms with Gasteiger partial charge in [-0.1, -0.05) is 24.3 Å². The molecule has 2 aromatic carbocycles. The number of nitrogens with one attached hydrogen (secondary N) is 1. The van der Waals surface area contributed by atoms with Gasteiger partial charge in [0.15, 0.2) is 5.96 Å². The van der Waals surface area contributed by atoms with Crippen molar-refractivity contribution in [3.05, 3.63) is 59.7 Å². The molecule has 0 aromatic heterocycles. The average molecular weight is 480 g/mol. The largest absolute Gasteiger partial charge is 0.497 e. The highest BCUT2D eigenvalue weighted by molar-refractivity contribution is 14.0. The molecule has 1 aliphatic rings. The highest BCUT2D eigenvalue weighted by Crippen LogP contribution is 2.18. The van der Waals surface area contributed by atoms with E-state index < -0.39 is 0 Å². The van der Waals surface area contributed by atoms with Gasteiger partial charge >= 0.3 is 0 Å². The minimum Gasteiger partial charge on any atom is -0.497 e. The molecule has 144 valence electrons. The van der Waals surface area contributed by atoms with Crippen LogP contribution in [0.25, 0.3) is 0 Å². The molecule has 27 heavy (non-hydrogen) atoms. The molecule has 3 rings (SSSR count). The predicted octanol–water partition coefficient (Wildman–Crippen LogP) is 3.36. The molecule has 2 aromatic rings. The van der Waals surface area contributed by atoms with Crippen LogP contribution in [0.3, 0.4) is 0 Å². The van der Waals surface area contributed by atoms with Gasteiger partial charge in [0.25, 0.3) is 0 Å².